The van der Waals surface area contributed by atoms with Crippen molar-refractivity contribution in [3.05, 3.63) is 53.5 Å². The van der Waals surface area contributed by atoms with E-state index in [-0.39, 0.29) is 29.5 Å². The molecule has 4 unspecified atom stereocenters. The summed E-state index contributed by atoms with van der Waals surface area (Å²) < 4.78 is 28.7. The molecule has 30 heavy (non-hydrogen) atoms. The van der Waals surface area contributed by atoms with Crippen molar-refractivity contribution in [1.29, 1.82) is 0 Å². The summed E-state index contributed by atoms with van der Waals surface area (Å²) in [6.45, 7) is 2.02. The van der Waals surface area contributed by atoms with Gasteiger partial charge in [-0.25, -0.2) is 19.2 Å². The molecule has 0 bridgehead atoms. The van der Waals surface area contributed by atoms with Crippen molar-refractivity contribution in [2.45, 2.75) is 56.1 Å². The molecule has 2 aromatic rings. The highest BCUT2D eigenvalue weighted by Gasteiger charge is 2.43. The Morgan fingerprint density at radius 3 is 2.57 bits per heavy atom. The van der Waals surface area contributed by atoms with E-state index < -0.39 is 11.6 Å². The zero-order valence-corrected chi connectivity index (χ0v) is 16.9. The highest BCUT2D eigenvalue weighted by molar-refractivity contribution is 5.34. The Morgan fingerprint density at radius 2 is 1.77 bits per heavy atom. The van der Waals surface area contributed by atoms with Crippen molar-refractivity contribution in [2.75, 3.05) is 18.4 Å². The van der Waals surface area contributed by atoms with E-state index in [1.54, 1.807) is 12.4 Å². The van der Waals surface area contributed by atoms with E-state index in [2.05, 4.69) is 26.5 Å². The highest BCUT2D eigenvalue weighted by atomic mass is 19.1. The van der Waals surface area contributed by atoms with E-state index in [4.69, 9.17) is 4.98 Å². The van der Waals surface area contributed by atoms with Gasteiger partial charge in [-0.3, -0.25) is 10.4 Å². The molecule has 1 saturated carbocycles. The number of hydrogen-bond acceptors (Lipinski definition) is 6. The van der Waals surface area contributed by atoms with E-state index in [9.17, 15) is 8.78 Å². The lowest BCUT2D eigenvalue weighted by molar-refractivity contribution is 0.269. The third kappa shape index (κ3) is 3.91. The van der Waals surface area contributed by atoms with Crippen LogP contribution in [0.5, 0.6) is 0 Å². The monoisotopic (exact) mass is 414 g/mol. The van der Waals surface area contributed by atoms with Crippen LogP contribution < -0.4 is 21.5 Å². The molecule has 160 valence electrons. The third-order valence-electron chi connectivity index (χ3n) is 6.82. The van der Waals surface area contributed by atoms with Crippen LogP contribution in [0.2, 0.25) is 0 Å². The van der Waals surface area contributed by atoms with E-state index in [1.807, 2.05) is 0 Å². The summed E-state index contributed by atoms with van der Waals surface area (Å²) in [6.07, 6.45) is 8.04. The van der Waals surface area contributed by atoms with Gasteiger partial charge in [-0.15, -0.1) is 0 Å². The Labute approximate surface area is 175 Å². The fourth-order valence-electron chi connectivity index (χ4n) is 5.29. The lowest BCUT2D eigenvalue weighted by Gasteiger charge is -2.33. The first-order valence-electron chi connectivity index (χ1n) is 10.9. The van der Waals surface area contributed by atoms with Gasteiger partial charge < -0.3 is 10.6 Å². The molecule has 1 aromatic carbocycles. The van der Waals surface area contributed by atoms with Crippen LogP contribution in [0, 0.1) is 17.6 Å². The molecule has 6 nitrogen and oxygen atoms in total. The van der Waals surface area contributed by atoms with E-state index in [0.717, 1.165) is 50.3 Å². The fourth-order valence-corrected chi connectivity index (χ4v) is 5.29. The first-order chi connectivity index (χ1) is 14.7. The summed E-state index contributed by atoms with van der Waals surface area (Å²) in [5.74, 6) is -0.0206. The number of piperidine rings is 1. The SMILES string of the molecule is Fc1cccc(F)c1C1CCC2NNC(c3cncc(NC4CCNCC4)n3)C2C1. The topological polar surface area (TPSA) is 73.9 Å². The second-order valence-corrected chi connectivity index (χ2v) is 8.68. The summed E-state index contributed by atoms with van der Waals surface area (Å²) in [7, 11) is 0. The molecular formula is C22H28F2N6. The molecule has 8 heteroatoms. The Morgan fingerprint density at radius 1 is 0.967 bits per heavy atom. The van der Waals surface area contributed by atoms with Crippen LogP contribution in [0.4, 0.5) is 14.6 Å². The standard InChI is InChI=1S/C22H28F2N6/c23-16-2-1-3-17(24)21(16)13-4-5-18-15(10-13)22(30-29-18)19-11-26-12-20(28-19)27-14-6-8-25-9-7-14/h1-3,11-15,18,22,25,29-30H,4-10H2,(H,27,28). The third-order valence-corrected chi connectivity index (χ3v) is 6.82. The molecule has 2 aliphatic heterocycles. The zero-order valence-electron chi connectivity index (χ0n) is 16.9. The van der Waals surface area contributed by atoms with Gasteiger partial charge in [0.05, 0.1) is 24.1 Å². The zero-order chi connectivity index (χ0) is 20.5. The minimum absolute atomic E-state index is 0.0325. The van der Waals surface area contributed by atoms with Crippen LogP contribution in [0.1, 0.15) is 55.3 Å². The van der Waals surface area contributed by atoms with Crippen molar-refractivity contribution >= 4 is 5.82 Å². The molecular weight excluding hydrogens is 386 g/mol. The van der Waals surface area contributed by atoms with Crippen molar-refractivity contribution in [3.63, 3.8) is 0 Å². The molecule has 0 radical (unpaired) electrons. The lowest BCUT2D eigenvalue weighted by Crippen LogP contribution is -2.35. The number of anilines is 1. The normalized spacial score (nSPS) is 29.5. The van der Waals surface area contributed by atoms with Crippen LogP contribution in [-0.4, -0.2) is 35.1 Å². The van der Waals surface area contributed by atoms with Crippen LogP contribution >= 0.6 is 0 Å². The molecule has 4 N–H and O–H groups in total. The summed E-state index contributed by atoms with van der Waals surface area (Å²) in [4.78, 5) is 9.24. The maximum Gasteiger partial charge on any atom is 0.145 e. The van der Waals surface area contributed by atoms with Crippen LogP contribution in [0.25, 0.3) is 0 Å². The second-order valence-electron chi connectivity index (χ2n) is 8.68. The number of aromatic nitrogens is 2. The first-order valence-corrected chi connectivity index (χ1v) is 10.9. The average Bonchev–Trinajstić information content (AvgIpc) is 3.18. The summed E-state index contributed by atoms with van der Waals surface area (Å²) in [5.41, 5.74) is 7.84. The van der Waals surface area contributed by atoms with Crippen molar-refractivity contribution in [2.24, 2.45) is 5.92 Å². The van der Waals surface area contributed by atoms with Gasteiger partial charge in [-0.2, -0.15) is 0 Å². The number of rotatable bonds is 4. The largest absolute Gasteiger partial charge is 0.366 e. The molecule has 1 aromatic heterocycles. The van der Waals surface area contributed by atoms with Gasteiger partial charge in [-0.05, 0) is 69.2 Å². The predicted molar refractivity (Wildman–Crippen MR) is 111 cm³/mol. The van der Waals surface area contributed by atoms with E-state index in [1.165, 1.54) is 18.2 Å². The lowest BCUT2D eigenvalue weighted by atomic mass is 9.73. The van der Waals surface area contributed by atoms with Crippen molar-refractivity contribution < 1.29 is 8.78 Å². The Kier molecular flexibility index (Phi) is 5.62. The number of fused-ring (bicyclic) bond motifs is 1. The molecule has 4 atom stereocenters. The van der Waals surface area contributed by atoms with Crippen LogP contribution in [-0.2, 0) is 0 Å². The van der Waals surface area contributed by atoms with Gasteiger partial charge in [0.1, 0.15) is 17.5 Å². The van der Waals surface area contributed by atoms with Gasteiger partial charge >= 0.3 is 0 Å². The van der Waals surface area contributed by atoms with Gasteiger partial charge in [0, 0.05) is 17.6 Å². The smallest absolute Gasteiger partial charge is 0.145 e. The minimum Gasteiger partial charge on any atom is -0.366 e. The van der Waals surface area contributed by atoms with Crippen LogP contribution in [0.3, 0.4) is 0 Å². The Bertz CT molecular complexity index is 867. The number of hydrogen-bond donors (Lipinski definition) is 4. The molecule has 3 heterocycles. The fraction of sp³-hybridized carbons (Fsp3) is 0.545. The summed E-state index contributed by atoms with van der Waals surface area (Å²) >= 11 is 0. The highest BCUT2D eigenvalue weighted by Crippen LogP contribution is 2.44. The number of nitrogens with one attached hydrogen (secondary N) is 4. The quantitative estimate of drug-likeness (QED) is 0.617. The summed E-state index contributed by atoms with van der Waals surface area (Å²) in [5, 5.41) is 6.87. The minimum atomic E-state index is -0.443. The molecule has 1 aliphatic carbocycles. The summed E-state index contributed by atoms with van der Waals surface area (Å²) in [6, 6.07) is 4.78. The maximum absolute atomic E-state index is 14.4. The van der Waals surface area contributed by atoms with Gasteiger partial charge in [0.15, 0.2) is 0 Å². The Hall–Kier alpha value is -2.16. The molecule has 0 spiro atoms. The molecule has 0 amide bonds. The van der Waals surface area contributed by atoms with E-state index >= 15 is 0 Å². The second kappa shape index (κ2) is 8.53. The Balaban J connectivity index is 1.34. The number of benzene rings is 1. The van der Waals surface area contributed by atoms with Gasteiger partial charge in [0.25, 0.3) is 0 Å². The van der Waals surface area contributed by atoms with Gasteiger partial charge in [-0.1, -0.05) is 6.07 Å². The average molecular weight is 415 g/mol. The predicted octanol–water partition coefficient (Wildman–Crippen LogP) is 3.02. The van der Waals surface area contributed by atoms with Crippen LogP contribution in [0.15, 0.2) is 30.6 Å². The first kappa shape index (κ1) is 19.8. The number of nitrogens with zero attached hydrogens (tertiary/aromatic N) is 2. The van der Waals surface area contributed by atoms with Crippen molar-refractivity contribution in [3.8, 4) is 0 Å². The molecule has 3 fully saturated rings. The number of hydrazine groups is 1. The van der Waals surface area contributed by atoms with Crippen molar-refractivity contribution in [1.82, 2.24) is 26.1 Å². The van der Waals surface area contributed by atoms with Gasteiger partial charge in [0.2, 0.25) is 0 Å². The molecule has 3 aliphatic rings. The molecule has 2 saturated heterocycles. The number of halogens is 2. The molecule has 5 rings (SSSR count). The maximum atomic E-state index is 14.4. The van der Waals surface area contributed by atoms with E-state index in [0.29, 0.717) is 12.5 Å².